The van der Waals surface area contributed by atoms with E-state index < -0.39 is 0 Å². The molecular formula is C11H19BrO2. The van der Waals surface area contributed by atoms with Crippen molar-refractivity contribution in [2.45, 2.75) is 50.2 Å². The van der Waals surface area contributed by atoms with Gasteiger partial charge >= 0.3 is 0 Å². The van der Waals surface area contributed by atoms with Gasteiger partial charge in [0.25, 0.3) is 0 Å². The topological polar surface area (TPSA) is 18.5 Å². The molecule has 0 amide bonds. The number of hydrogen-bond donors (Lipinski definition) is 0. The summed E-state index contributed by atoms with van der Waals surface area (Å²) >= 11 is 3.56. The molecule has 0 bridgehead atoms. The molecule has 0 radical (unpaired) electrons. The van der Waals surface area contributed by atoms with Crippen LogP contribution in [0.1, 0.15) is 38.5 Å². The zero-order valence-corrected chi connectivity index (χ0v) is 10.2. The predicted octanol–water partition coefficient (Wildman–Crippen LogP) is 2.89. The maximum Gasteiger partial charge on any atom is 0.0780 e. The molecular weight excluding hydrogens is 244 g/mol. The molecule has 0 aromatic carbocycles. The van der Waals surface area contributed by atoms with Crippen molar-refractivity contribution in [2.24, 2.45) is 0 Å². The first kappa shape index (κ1) is 10.9. The van der Waals surface area contributed by atoms with Crippen LogP contribution in [0.25, 0.3) is 0 Å². The van der Waals surface area contributed by atoms with E-state index in [9.17, 15) is 0 Å². The quantitative estimate of drug-likeness (QED) is 0.542. The van der Waals surface area contributed by atoms with Crippen LogP contribution in [0.5, 0.6) is 0 Å². The Balaban J connectivity index is 1.61. The van der Waals surface area contributed by atoms with E-state index >= 15 is 0 Å². The lowest BCUT2D eigenvalue weighted by Crippen LogP contribution is -2.32. The van der Waals surface area contributed by atoms with Gasteiger partial charge in [0.1, 0.15) is 0 Å². The SMILES string of the molecule is BrCC1(OCCOC2CC2)CCCC1. The van der Waals surface area contributed by atoms with Gasteiger partial charge in [0.05, 0.1) is 24.9 Å². The lowest BCUT2D eigenvalue weighted by Gasteiger charge is -2.26. The number of ether oxygens (including phenoxy) is 2. The molecule has 2 aliphatic rings. The monoisotopic (exact) mass is 262 g/mol. The van der Waals surface area contributed by atoms with Crippen LogP contribution in [-0.4, -0.2) is 30.2 Å². The van der Waals surface area contributed by atoms with Crippen molar-refractivity contribution in [3.8, 4) is 0 Å². The summed E-state index contributed by atoms with van der Waals surface area (Å²) in [6, 6.07) is 0. The van der Waals surface area contributed by atoms with Crippen LogP contribution in [0.3, 0.4) is 0 Å². The minimum absolute atomic E-state index is 0.132. The summed E-state index contributed by atoms with van der Waals surface area (Å²) in [5.41, 5.74) is 0.132. The summed E-state index contributed by atoms with van der Waals surface area (Å²) in [5.74, 6) is 0. The maximum absolute atomic E-state index is 5.95. The number of alkyl halides is 1. The maximum atomic E-state index is 5.95. The van der Waals surface area contributed by atoms with E-state index in [1.807, 2.05) is 0 Å². The largest absolute Gasteiger partial charge is 0.376 e. The first-order valence-electron chi connectivity index (χ1n) is 5.66. The zero-order valence-electron chi connectivity index (χ0n) is 8.64. The van der Waals surface area contributed by atoms with Gasteiger partial charge in [-0.2, -0.15) is 0 Å². The summed E-state index contributed by atoms with van der Waals surface area (Å²) in [6.45, 7) is 1.54. The average Bonchev–Trinajstić information content (AvgIpc) is 2.92. The highest BCUT2D eigenvalue weighted by Crippen LogP contribution is 2.34. The van der Waals surface area contributed by atoms with Gasteiger partial charge in [0.2, 0.25) is 0 Å². The Labute approximate surface area is 94.5 Å². The smallest absolute Gasteiger partial charge is 0.0780 e. The standard InChI is InChI=1S/C11H19BrO2/c12-9-11(5-1-2-6-11)14-8-7-13-10-3-4-10/h10H,1-9H2. The van der Waals surface area contributed by atoms with Gasteiger partial charge in [-0.1, -0.05) is 28.8 Å². The second-order valence-electron chi connectivity index (χ2n) is 4.44. The van der Waals surface area contributed by atoms with Crippen LogP contribution in [0.2, 0.25) is 0 Å². The fraction of sp³-hybridized carbons (Fsp3) is 1.00. The lowest BCUT2D eigenvalue weighted by atomic mass is 10.1. The van der Waals surface area contributed by atoms with Crippen molar-refractivity contribution in [3.63, 3.8) is 0 Å². The van der Waals surface area contributed by atoms with Crippen LogP contribution >= 0.6 is 15.9 Å². The van der Waals surface area contributed by atoms with E-state index in [-0.39, 0.29) is 5.60 Å². The van der Waals surface area contributed by atoms with E-state index in [0.717, 1.165) is 18.5 Å². The van der Waals surface area contributed by atoms with Gasteiger partial charge < -0.3 is 9.47 Å². The highest BCUT2D eigenvalue weighted by Gasteiger charge is 2.33. The molecule has 2 fully saturated rings. The van der Waals surface area contributed by atoms with Crippen LogP contribution < -0.4 is 0 Å². The third-order valence-electron chi connectivity index (χ3n) is 3.13. The van der Waals surface area contributed by atoms with Gasteiger partial charge in [0.15, 0.2) is 0 Å². The van der Waals surface area contributed by atoms with Gasteiger partial charge in [-0.3, -0.25) is 0 Å². The Morgan fingerprint density at radius 3 is 2.43 bits per heavy atom. The fourth-order valence-electron chi connectivity index (χ4n) is 2.04. The minimum atomic E-state index is 0.132. The van der Waals surface area contributed by atoms with Crippen molar-refractivity contribution in [2.75, 3.05) is 18.5 Å². The molecule has 2 aliphatic carbocycles. The predicted molar refractivity (Wildman–Crippen MR) is 59.9 cm³/mol. The Bertz CT molecular complexity index is 174. The molecule has 0 aromatic heterocycles. The van der Waals surface area contributed by atoms with Crippen molar-refractivity contribution < 1.29 is 9.47 Å². The van der Waals surface area contributed by atoms with E-state index in [4.69, 9.17) is 9.47 Å². The molecule has 0 N–H and O–H groups in total. The summed E-state index contributed by atoms with van der Waals surface area (Å²) in [6.07, 6.45) is 8.11. The minimum Gasteiger partial charge on any atom is -0.376 e. The van der Waals surface area contributed by atoms with Gasteiger partial charge in [0, 0.05) is 5.33 Å². The summed E-state index contributed by atoms with van der Waals surface area (Å²) in [4.78, 5) is 0. The molecule has 0 aromatic rings. The summed E-state index contributed by atoms with van der Waals surface area (Å²) in [7, 11) is 0. The van der Waals surface area contributed by atoms with Crippen molar-refractivity contribution in [1.82, 2.24) is 0 Å². The van der Waals surface area contributed by atoms with Crippen LogP contribution in [0.4, 0.5) is 0 Å². The lowest BCUT2D eigenvalue weighted by molar-refractivity contribution is -0.0512. The number of rotatable bonds is 6. The van der Waals surface area contributed by atoms with Gasteiger partial charge in [-0.05, 0) is 25.7 Å². The number of halogens is 1. The third-order valence-corrected chi connectivity index (χ3v) is 4.15. The van der Waals surface area contributed by atoms with Gasteiger partial charge in [-0.15, -0.1) is 0 Å². The first-order valence-corrected chi connectivity index (χ1v) is 6.78. The van der Waals surface area contributed by atoms with Crippen molar-refractivity contribution in [1.29, 1.82) is 0 Å². The summed E-state index contributed by atoms with van der Waals surface area (Å²) in [5, 5.41) is 0.976. The van der Waals surface area contributed by atoms with E-state index in [1.165, 1.54) is 38.5 Å². The van der Waals surface area contributed by atoms with Crippen LogP contribution in [0, 0.1) is 0 Å². The Morgan fingerprint density at radius 1 is 1.14 bits per heavy atom. The third kappa shape index (κ3) is 2.94. The second-order valence-corrected chi connectivity index (χ2v) is 5.00. The molecule has 0 heterocycles. The Hall–Kier alpha value is 0.400. The molecule has 14 heavy (non-hydrogen) atoms. The van der Waals surface area contributed by atoms with E-state index in [0.29, 0.717) is 6.10 Å². The van der Waals surface area contributed by atoms with Crippen molar-refractivity contribution in [3.05, 3.63) is 0 Å². The molecule has 82 valence electrons. The highest BCUT2D eigenvalue weighted by atomic mass is 79.9. The molecule has 0 atom stereocenters. The molecule has 0 saturated heterocycles. The Kier molecular flexibility index (Phi) is 3.86. The summed E-state index contributed by atoms with van der Waals surface area (Å²) < 4.78 is 11.5. The second kappa shape index (κ2) is 4.95. The number of hydrogen-bond acceptors (Lipinski definition) is 2. The Morgan fingerprint density at radius 2 is 1.86 bits per heavy atom. The van der Waals surface area contributed by atoms with Crippen LogP contribution in [-0.2, 0) is 9.47 Å². The average molecular weight is 263 g/mol. The normalized spacial score (nSPS) is 25.5. The molecule has 0 spiro atoms. The molecule has 2 rings (SSSR count). The highest BCUT2D eigenvalue weighted by molar-refractivity contribution is 9.09. The van der Waals surface area contributed by atoms with Gasteiger partial charge in [-0.25, -0.2) is 0 Å². The van der Waals surface area contributed by atoms with E-state index in [2.05, 4.69) is 15.9 Å². The van der Waals surface area contributed by atoms with E-state index in [1.54, 1.807) is 0 Å². The molecule has 0 aliphatic heterocycles. The first-order chi connectivity index (χ1) is 6.85. The van der Waals surface area contributed by atoms with Crippen LogP contribution in [0.15, 0.2) is 0 Å². The van der Waals surface area contributed by atoms with Crippen molar-refractivity contribution >= 4 is 15.9 Å². The molecule has 3 heteroatoms. The fourth-order valence-corrected chi connectivity index (χ4v) is 2.77. The molecule has 2 nitrogen and oxygen atoms in total. The molecule has 2 saturated carbocycles. The molecule has 0 unspecified atom stereocenters. The zero-order chi connectivity index (χ0) is 9.86.